The molecular weight excluding hydrogens is 256 g/mol. The molecule has 0 saturated carbocycles. The van der Waals surface area contributed by atoms with Gasteiger partial charge in [-0.2, -0.15) is 18.3 Å². The van der Waals surface area contributed by atoms with Gasteiger partial charge in [0.2, 0.25) is 0 Å². The van der Waals surface area contributed by atoms with Crippen molar-refractivity contribution in [2.24, 2.45) is 5.10 Å². The lowest BCUT2D eigenvalue weighted by Crippen LogP contribution is -2.30. The number of alkyl halides is 3. The zero-order valence-corrected chi connectivity index (χ0v) is 8.71. The standard InChI is InChI=1S/C10H6F4N2O2/c11-7-2-1-5(3-6(7)10(12,13)14)8-4-18-9(17)16-15-8/h1-3H,4H2,(H,16,17). The van der Waals surface area contributed by atoms with Gasteiger partial charge >= 0.3 is 12.3 Å². The number of benzene rings is 1. The van der Waals surface area contributed by atoms with Gasteiger partial charge in [0, 0.05) is 5.56 Å². The maximum atomic E-state index is 13.0. The maximum Gasteiger partial charge on any atom is 0.428 e. The van der Waals surface area contributed by atoms with Gasteiger partial charge in [0.15, 0.2) is 0 Å². The van der Waals surface area contributed by atoms with E-state index in [1.54, 1.807) is 0 Å². The SMILES string of the molecule is O=C1NN=C(c2ccc(F)c(C(F)(F)F)c2)CO1. The van der Waals surface area contributed by atoms with E-state index in [-0.39, 0.29) is 17.9 Å². The largest absolute Gasteiger partial charge is 0.442 e. The summed E-state index contributed by atoms with van der Waals surface area (Å²) in [4.78, 5) is 10.6. The molecule has 1 aromatic carbocycles. The Bertz CT molecular complexity index is 525. The van der Waals surface area contributed by atoms with Crippen LogP contribution in [0.3, 0.4) is 0 Å². The van der Waals surface area contributed by atoms with Crippen molar-refractivity contribution in [1.29, 1.82) is 0 Å². The molecule has 0 saturated heterocycles. The minimum Gasteiger partial charge on any atom is -0.442 e. The molecule has 0 aliphatic carbocycles. The Morgan fingerprint density at radius 1 is 1.33 bits per heavy atom. The highest BCUT2D eigenvalue weighted by molar-refractivity contribution is 6.03. The highest BCUT2D eigenvalue weighted by Gasteiger charge is 2.34. The number of carbonyl (C=O) groups excluding carboxylic acids is 1. The first kappa shape index (κ1) is 12.3. The van der Waals surface area contributed by atoms with Crippen LogP contribution in [0.2, 0.25) is 0 Å². The van der Waals surface area contributed by atoms with Crippen molar-refractivity contribution in [2.45, 2.75) is 6.18 Å². The average Bonchev–Trinajstić information content (AvgIpc) is 2.29. The molecule has 1 aromatic rings. The topological polar surface area (TPSA) is 50.7 Å². The number of halogens is 4. The van der Waals surface area contributed by atoms with E-state index in [4.69, 9.17) is 0 Å². The van der Waals surface area contributed by atoms with Gasteiger partial charge in [-0.15, -0.1) is 0 Å². The fraction of sp³-hybridized carbons (Fsp3) is 0.200. The second kappa shape index (κ2) is 4.28. The predicted octanol–water partition coefficient (Wildman–Crippen LogP) is 2.29. The first-order chi connectivity index (χ1) is 8.38. The van der Waals surface area contributed by atoms with Crippen LogP contribution < -0.4 is 5.43 Å². The number of hydrogen-bond acceptors (Lipinski definition) is 3. The average molecular weight is 262 g/mol. The zero-order valence-electron chi connectivity index (χ0n) is 8.71. The van der Waals surface area contributed by atoms with Crippen molar-refractivity contribution in [3.8, 4) is 0 Å². The van der Waals surface area contributed by atoms with E-state index >= 15 is 0 Å². The van der Waals surface area contributed by atoms with Gasteiger partial charge < -0.3 is 4.74 Å². The van der Waals surface area contributed by atoms with E-state index < -0.39 is 23.7 Å². The molecule has 1 N–H and O–H groups in total. The molecule has 0 unspecified atom stereocenters. The molecule has 0 radical (unpaired) electrons. The highest BCUT2D eigenvalue weighted by Crippen LogP contribution is 2.32. The Kier molecular flexibility index (Phi) is 2.93. The summed E-state index contributed by atoms with van der Waals surface area (Å²) in [6.07, 6.45) is -5.59. The Balaban J connectivity index is 2.39. The van der Waals surface area contributed by atoms with Crippen LogP contribution in [0.15, 0.2) is 23.3 Å². The summed E-state index contributed by atoms with van der Waals surface area (Å²) in [7, 11) is 0. The molecular formula is C10H6F4N2O2. The molecule has 2 rings (SSSR count). The van der Waals surface area contributed by atoms with Gasteiger partial charge in [-0.3, -0.25) is 0 Å². The van der Waals surface area contributed by atoms with Crippen LogP contribution in [0.4, 0.5) is 22.4 Å². The lowest BCUT2D eigenvalue weighted by atomic mass is 10.1. The van der Waals surface area contributed by atoms with Crippen LogP contribution in [0.1, 0.15) is 11.1 Å². The van der Waals surface area contributed by atoms with Gasteiger partial charge in [-0.05, 0) is 12.1 Å². The number of hydrazone groups is 1. The van der Waals surface area contributed by atoms with Gasteiger partial charge in [-0.25, -0.2) is 14.6 Å². The number of ether oxygens (including phenoxy) is 1. The summed E-state index contributed by atoms with van der Waals surface area (Å²) in [6.45, 7) is -0.269. The monoisotopic (exact) mass is 262 g/mol. The summed E-state index contributed by atoms with van der Waals surface area (Å²) in [5, 5.41) is 3.54. The fourth-order valence-corrected chi connectivity index (χ4v) is 1.38. The Morgan fingerprint density at radius 2 is 2.06 bits per heavy atom. The first-order valence-electron chi connectivity index (χ1n) is 4.74. The Morgan fingerprint density at radius 3 is 2.61 bits per heavy atom. The second-order valence-corrected chi connectivity index (χ2v) is 3.44. The van der Waals surface area contributed by atoms with E-state index in [0.717, 1.165) is 6.07 Å². The fourth-order valence-electron chi connectivity index (χ4n) is 1.38. The van der Waals surface area contributed by atoms with Crippen molar-refractivity contribution < 1.29 is 27.1 Å². The number of nitrogens with one attached hydrogen (secondary N) is 1. The lowest BCUT2D eigenvalue weighted by Gasteiger charge is -2.15. The van der Waals surface area contributed by atoms with Crippen LogP contribution in [0.25, 0.3) is 0 Å². The van der Waals surface area contributed by atoms with Gasteiger partial charge in [0.1, 0.15) is 18.1 Å². The highest BCUT2D eigenvalue weighted by atomic mass is 19.4. The maximum absolute atomic E-state index is 13.0. The minimum atomic E-state index is -4.79. The Hall–Kier alpha value is -2.12. The summed E-state index contributed by atoms with van der Waals surface area (Å²) in [5.74, 6) is -1.37. The second-order valence-electron chi connectivity index (χ2n) is 3.44. The van der Waals surface area contributed by atoms with Crippen LogP contribution in [0, 0.1) is 5.82 Å². The third kappa shape index (κ3) is 2.41. The van der Waals surface area contributed by atoms with Crippen LogP contribution >= 0.6 is 0 Å². The van der Waals surface area contributed by atoms with Crippen molar-refractivity contribution in [2.75, 3.05) is 6.61 Å². The summed E-state index contributed by atoms with van der Waals surface area (Å²) < 4.78 is 55.0. The molecule has 0 fully saturated rings. The van der Waals surface area contributed by atoms with E-state index in [9.17, 15) is 22.4 Å². The minimum absolute atomic E-state index is 0.0312. The molecule has 1 aliphatic rings. The normalized spacial score (nSPS) is 15.8. The number of carbonyl (C=O) groups is 1. The molecule has 0 aromatic heterocycles. The van der Waals surface area contributed by atoms with Gasteiger partial charge in [-0.1, -0.05) is 6.07 Å². The molecule has 1 heterocycles. The number of amides is 1. The summed E-state index contributed by atoms with van der Waals surface area (Å²) in [5.41, 5.74) is 0.681. The van der Waals surface area contributed by atoms with Crippen molar-refractivity contribution in [1.82, 2.24) is 5.43 Å². The molecule has 0 spiro atoms. The number of rotatable bonds is 1. The van der Waals surface area contributed by atoms with Gasteiger partial charge in [0.05, 0.1) is 5.56 Å². The molecule has 0 bridgehead atoms. The van der Waals surface area contributed by atoms with Crippen molar-refractivity contribution in [3.05, 3.63) is 35.1 Å². The first-order valence-corrected chi connectivity index (χ1v) is 4.74. The van der Waals surface area contributed by atoms with Crippen LogP contribution in [-0.4, -0.2) is 18.4 Å². The van der Waals surface area contributed by atoms with E-state index in [1.165, 1.54) is 0 Å². The summed E-state index contributed by atoms with van der Waals surface area (Å²) >= 11 is 0. The predicted molar refractivity (Wildman–Crippen MR) is 52.4 cm³/mol. The van der Waals surface area contributed by atoms with Crippen LogP contribution in [0.5, 0.6) is 0 Å². The zero-order chi connectivity index (χ0) is 13.3. The molecule has 96 valence electrons. The van der Waals surface area contributed by atoms with Crippen LogP contribution in [-0.2, 0) is 10.9 Å². The molecule has 0 atom stereocenters. The molecule has 8 heteroatoms. The summed E-state index contributed by atoms with van der Waals surface area (Å²) in [6, 6.07) is 2.44. The third-order valence-electron chi connectivity index (χ3n) is 2.23. The van der Waals surface area contributed by atoms with Gasteiger partial charge in [0.25, 0.3) is 0 Å². The molecule has 1 aliphatic heterocycles. The van der Waals surface area contributed by atoms with E-state index in [1.807, 2.05) is 5.43 Å². The van der Waals surface area contributed by atoms with E-state index in [2.05, 4.69) is 9.84 Å². The third-order valence-corrected chi connectivity index (χ3v) is 2.23. The quantitative estimate of drug-likeness (QED) is 0.789. The number of cyclic esters (lactones) is 1. The van der Waals surface area contributed by atoms with Crippen molar-refractivity contribution in [3.63, 3.8) is 0 Å². The molecule has 1 amide bonds. The van der Waals surface area contributed by atoms with Crippen molar-refractivity contribution >= 4 is 11.8 Å². The number of hydrogen-bond donors (Lipinski definition) is 1. The lowest BCUT2D eigenvalue weighted by molar-refractivity contribution is -0.140. The molecule has 18 heavy (non-hydrogen) atoms. The smallest absolute Gasteiger partial charge is 0.428 e. The molecule has 4 nitrogen and oxygen atoms in total. The Labute approximate surface area is 98.2 Å². The van der Waals surface area contributed by atoms with E-state index in [0.29, 0.717) is 12.1 Å². The number of nitrogens with zero attached hydrogens (tertiary/aromatic N) is 1.